The first-order chi connectivity index (χ1) is 8.58. The first-order valence-corrected chi connectivity index (χ1v) is 5.82. The van der Waals surface area contributed by atoms with Crippen molar-refractivity contribution in [3.05, 3.63) is 35.6 Å². The lowest BCUT2D eigenvalue weighted by atomic mass is 10.0. The zero-order valence-electron chi connectivity index (χ0n) is 9.80. The maximum atomic E-state index is 12.8. The monoisotopic (exact) mass is 251 g/mol. The molecule has 1 aliphatic heterocycles. The van der Waals surface area contributed by atoms with Crippen molar-refractivity contribution in [2.24, 2.45) is 0 Å². The summed E-state index contributed by atoms with van der Waals surface area (Å²) in [6.45, 7) is 0.875. The number of carbonyl (C=O) groups is 2. The number of Topliss-reactive ketones (excluding diaryl/α,β-unsaturated/α-hetero) is 1. The highest BCUT2D eigenvalue weighted by molar-refractivity contribution is 5.80. The van der Waals surface area contributed by atoms with E-state index in [2.05, 4.69) is 0 Å². The molecule has 1 aliphatic rings. The van der Waals surface area contributed by atoms with Crippen LogP contribution in [0, 0.1) is 5.82 Å². The third kappa shape index (κ3) is 2.73. The molecule has 1 atom stereocenters. The van der Waals surface area contributed by atoms with Crippen molar-refractivity contribution in [2.45, 2.75) is 18.9 Å². The van der Waals surface area contributed by atoms with E-state index < -0.39 is 17.8 Å². The lowest BCUT2D eigenvalue weighted by molar-refractivity contribution is -0.145. The van der Waals surface area contributed by atoms with Crippen molar-refractivity contribution < 1.29 is 19.1 Å². The topological polar surface area (TPSA) is 57.6 Å². The maximum Gasteiger partial charge on any atom is 0.325 e. The third-order valence-corrected chi connectivity index (χ3v) is 3.14. The fourth-order valence-corrected chi connectivity index (χ4v) is 2.19. The molecule has 1 N–H and O–H groups in total. The molecule has 1 fully saturated rings. The summed E-state index contributed by atoms with van der Waals surface area (Å²) in [6.07, 6.45) is 0.760. The van der Waals surface area contributed by atoms with E-state index in [9.17, 15) is 19.1 Å². The summed E-state index contributed by atoms with van der Waals surface area (Å²) in [4.78, 5) is 24.3. The van der Waals surface area contributed by atoms with Gasteiger partial charge in [-0.1, -0.05) is 12.1 Å². The van der Waals surface area contributed by atoms with E-state index >= 15 is 0 Å². The minimum absolute atomic E-state index is 0.162. The molecule has 4 nitrogen and oxygen atoms in total. The quantitative estimate of drug-likeness (QED) is 0.886. The first-order valence-electron chi connectivity index (χ1n) is 5.82. The Hall–Kier alpha value is -1.75. The number of hydrogen-bond donors (Lipinski definition) is 1. The van der Waals surface area contributed by atoms with Crippen molar-refractivity contribution >= 4 is 11.8 Å². The molecule has 5 heteroatoms. The number of likely N-dealkylation sites (tertiary alicyclic amines) is 1. The minimum Gasteiger partial charge on any atom is -0.480 e. The minimum atomic E-state index is -0.976. The van der Waals surface area contributed by atoms with Crippen LogP contribution in [0.4, 0.5) is 4.39 Å². The van der Waals surface area contributed by atoms with Gasteiger partial charge in [-0.3, -0.25) is 14.5 Å². The average molecular weight is 251 g/mol. The van der Waals surface area contributed by atoms with Crippen LogP contribution < -0.4 is 0 Å². The normalized spacial score (nSPS) is 18.6. The van der Waals surface area contributed by atoms with E-state index in [1.807, 2.05) is 0 Å². The number of benzene rings is 1. The zero-order chi connectivity index (χ0) is 13.1. The van der Waals surface area contributed by atoms with Crippen LogP contribution in [0.5, 0.6) is 0 Å². The first kappa shape index (κ1) is 12.7. The average Bonchev–Trinajstić information content (AvgIpc) is 2.34. The summed E-state index contributed by atoms with van der Waals surface area (Å²) >= 11 is 0. The number of nitrogens with zero attached hydrogens (tertiary/aromatic N) is 1. The van der Waals surface area contributed by atoms with Gasteiger partial charge in [-0.05, 0) is 17.7 Å². The lowest BCUT2D eigenvalue weighted by Gasteiger charge is -2.31. The molecule has 1 aromatic rings. The Kier molecular flexibility index (Phi) is 3.72. The molecular weight excluding hydrogens is 237 g/mol. The molecule has 0 aromatic heterocycles. The number of halogens is 1. The van der Waals surface area contributed by atoms with Gasteiger partial charge in [-0.15, -0.1) is 0 Å². The van der Waals surface area contributed by atoms with Gasteiger partial charge in [-0.2, -0.15) is 0 Å². The summed E-state index contributed by atoms with van der Waals surface area (Å²) in [6, 6.07) is 4.65. The van der Waals surface area contributed by atoms with Crippen molar-refractivity contribution in [3.63, 3.8) is 0 Å². The standard InChI is InChI=1S/C13H14FNO3/c14-10-3-1-9(2-4-10)12(13(17)18)15-7-5-11(16)6-8-15/h1-4,12H,5-8H2,(H,17,18)/t12-/m1/s1. The van der Waals surface area contributed by atoms with E-state index in [0.29, 0.717) is 31.5 Å². The van der Waals surface area contributed by atoms with Crippen LogP contribution in [-0.4, -0.2) is 34.8 Å². The van der Waals surface area contributed by atoms with Crippen LogP contribution in [0.1, 0.15) is 24.4 Å². The molecule has 1 saturated heterocycles. The Bertz CT molecular complexity index is 448. The fraction of sp³-hybridized carbons (Fsp3) is 0.385. The van der Waals surface area contributed by atoms with E-state index in [-0.39, 0.29) is 5.78 Å². The van der Waals surface area contributed by atoms with Crippen LogP contribution >= 0.6 is 0 Å². The molecule has 0 spiro atoms. The van der Waals surface area contributed by atoms with Crippen molar-refractivity contribution in [2.75, 3.05) is 13.1 Å². The third-order valence-electron chi connectivity index (χ3n) is 3.14. The summed E-state index contributed by atoms with van der Waals surface area (Å²) in [5.74, 6) is -1.21. The molecule has 0 aliphatic carbocycles. The van der Waals surface area contributed by atoms with E-state index in [0.717, 1.165) is 0 Å². The highest BCUT2D eigenvalue weighted by Crippen LogP contribution is 2.24. The van der Waals surface area contributed by atoms with Gasteiger partial charge in [0.15, 0.2) is 0 Å². The second-order valence-electron chi connectivity index (χ2n) is 4.37. The van der Waals surface area contributed by atoms with Gasteiger partial charge in [0.25, 0.3) is 0 Å². The van der Waals surface area contributed by atoms with Gasteiger partial charge in [0.05, 0.1) is 0 Å². The van der Waals surface area contributed by atoms with E-state index in [4.69, 9.17) is 0 Å². The molecular formula is C13H14FNO3. The predicted molar refractivity (Wildman–Crippen MR) is 62.6 cm³/mol. The summed E-state index contributed by atoms with van der Waals surface area (Å²) in [5.41, 5.74) is 0.540. The molecule has 0 unspecified atom stereocenters. The molecule has 96 valence electrons. The summed E-state index contributed by atoms with van der Waals surface area (Å²) in [5, 5.41) is 9.29. The highest BCUT2D eigenvalue weighted by Gasteiger charge is 2.30. The number of carboxylic acids is 1. The van der Waals surface area contributed by atoms with Gasteiger partial charge in [0, 0.05) is 25.9 Å². The largest absolute Gasteiger partial charge is 0.480 e. The zero-order valence-corrected chi connectivity index (χ0v) is 9.80. The van der Waals surface area contributed by atoms with Gasteiger partial charge >= 0.3 is 5.97 Å². The van der Waals surface area contributed by atoms with Gasteiger partial charge in [0.1, 0.15) is 17.6 Å². The van der Waals surface area contributed by atoms with Crippen LogP contribution in [0.15, 0.2) is 24.3 Å². The van der Waals surface area contributed by atoms with Gasteiger partial charge in [-0.25, -0.2) is 4.39 Å². The molecule has 18 heavy (non-hydrogen) atoms. The molecule has 0 amide bonds. The molecule has 2 rings (SSSR count). The summed E-state index contributed by atoms with van der Waals surface area (Å²) in [7, 11) is 0. The van der Waals surface area contributed by atoms with Gasteiger partial charge in [0.2, 0.25) is 0 Å². The molecule has 0 saturated carbocycles. The second kappa shape index (κ2) is 5.27. The number of carbonyl (C=O) groups excluding carboxylic acids is 1. The van der Waals surface area contributed by atoms with Crippen molar-refractivity contribution in [3.8, 4) is 0 Å². The number of carboxylic acid groups (broad SMARTS) is 1. The molecule has 1 aromatic carbocycles. The molecule has 1 heterocycles. The Morgan fingerprint density at radius 3 is 2.28 bits per heavy atom. The van der Waals surface area contributed by atoms with Crippen LogP contribution in [0.2, 0.25) is 0 Å². The Morgan fingerprint density at radius 1 is 1.22 bits per heavy atom. The Labute approximate surface area is 104 Å². The Balaban J connectivity index is 2.20. The maximum absolute atomic E-state index is 12.8. The van der Waals surface area contributed by atoms with E-state index in [1.165, 1.54) is 24.3 Å². The van der Waals surface area contributed by atoms with Crippen LogP contribution in [0.25, 0.3) is 0 Å². The number of piperidine rings is 1. The number of aliphatic carboxylic acids is 1. The smallest absolute Gasteiger partial charge is 0.325 e. The predicted octanol–water partition coefficient (Wildman–Crippen LogP) is 1.62. The lowest BCUT2D eigenvalue weighted by Crippen LogP contribution is -2.40. The fourth-order valence-electron chi connectivity index (χ4n) is 2.19. The molecule has 0 radical (unpaired) electrons. The number of ketones is 1. The Morgan fingerprint density at radius 2 is 1.78 bits per heavy atom. The van der Waals surface area contributed by atoms with Gasteiger partial charge < -0.3 is 5.11 Å². The number of hydrogen-bond acceptors (Lipinski definition) is 3. The van der Waals surface area contributed by atoms with Crippen molar-refractivity contribution in [1.82, 2.24) is 4.90 Å². The van der Waals surface area contributed by atoms with Crippen molar-refractivity contribution in [1.29, 1.82) is 0 Å². The second-order valence-corrected chi connectivity index (χ2v) is 4.37. The highest BCUT2D eigenvalue weighted by atomic mass is 19.1. The van der Waals surface area contributed by atoms with E-state index in [1.54, 1.807) is 4.90 Å². The SMILES string of the molecule is O=C1CCN([C@@H](C(=O)O)c2ccc(F)cc2)CC1. The number of rotatable bonds is 3. The molecule has 0 bridgehead atoms. The van der Waals surface area contributed by atoms with Crippen LogP contribution in [-0.2, 0) is 9.59 Å². The van der Waals surface area contributed by atoms with Crippen LogP contribution in [0.3, 0.4) is 0 Å². The summed E-state index contributed by atoms with van der Waals surface area (Å²) < 4.78 is 12.8.